The second-order valence-electron chi connectivity index (χ2n) is 11.0. The first-order chi connectivity index (χ1) is 16.2. The molecule has 1 aliphatic rings. The monoisotopic (exact) mass is 452 g/mol. The molecule has 0 N–H and O–H groups in total. The van der Waals surface area contributed by atoms with Crippen LogP contribution in [0.4, 0.5) is 4.39 Å². The molecule has 5 rings (SSSR count). The Kier molecular flexibility index (Phi) is 5.80. The second-order valence-corrected chi connectivity index (χ2v) is 11.0. The third-order valence-corrected chi connectivity index (χ3v) is 8.02. The molecule has 0 saturated heterocycles. The Bertz CT molecular complexity index is 1360. The Morgan fingerprint density at radius 2 is 1.56 bits per heavy atom. The first-order valence-corrected chi connectivity index (χ1v) is 12.5. The van der Waals surface area contributed by atoms with Gasteiger partial charge in [0.1, 0.15) is 12.9 Å². The SMILES string of the molecule is Cc1cc(F)c(-c2ccccc2)cc1-c1c2ccc(C3CCC(C)(C)CC3)cc2cc(C)[n+]1C. The zero-order valence-corrected chi connectivity index (χ0v) is 21.1. The lowest BCUT2D eigenvalue weighted by Gasteiger charge is -2.34. The minimum Gasteiger partial charge on any atom is -0.206 e. The van der Waals surface area contributed by atoms with Crippen LogP contribution in [0.1, 0.15) is 62.3 Å². The van der Waals surface area contributed by atoms with Crippen LogP contribution in [0.5, 0.6) is 0 Å². The second kappa shape index (κ2) is 8.65. The summed E-state index contributed by atoms with van der Waals surface area (Å²) in [5.41, 5.74) is 7.89. The highest BCUT2D eigenvalue weighted by Gasteiger charge is 2.28. The third kappa shape index (κ3) is 4.15. The highest BCUT2D eigenvalue weighted by Crippen LogP contribution is 2.43. The lowest BCUT2D eigenvalue weighted by atomic mass is 9.71. The van der Waals surface area contributed by atoms with Gasteiger partial charge in [0.25, 0.3) is 0 Å². The van der Waals surface area contributed by atoms with Gasteiger partial charge in [0.05, 0.1) is 10.9 Å². The van der Waals surface area contributed by atoms with Crippen LogP contribution in [0, 0.1) is 25.1 Å². The number of aryl methyl sites for hydroxylation is 2. The average Bonchev–Trinajstić information content (AvgIpc) is 2.81. The molecule has 174 valence electrons. The molecule has 2 heteroatoms. The molecule has 4 aromatic rings. The van der Waals surface area contributed by atoms with Gasteiger partial charge in [-0.1, -0.05) is 56.3 Å². The molecule has 1 heterocycles. The van der Waals surface area contributed by atoms with Crippen molar-refractivity contribution in [1.29, 1.82) is 0 Å². The normalized spacial score (nSPS) is 16.2. The molecule has 1 aromatic heterocycles. The maximum Gasteiger partial charge on any atom is 0.220 e. The molecule has 1 fully saturated rings. The summed E-state index contributed by atoms with van der Waals surface area (Å²) in [5.74, 6) is 0.474. The number of rotatable bonds is 3. The Labute approximate surface area is 203 Å². The van der Waals surface area contributed by atoms with Crippen LogP contribution in [-0.4, -0.2) is 0 Å². The Balaban J connectivity index is 1.65. The van der Waals surface area contributed by atoms with E-state index in [-0.39, 0.29) is 5.82 Å². The van der Waals surface area contributed by atoms with E-state index in [1.54, 1.807) is 6.07 Å². The summed E-state index contributed by atoms with van der Waals surface area (Å²) in [6, 6.07) is 22.9. The summed E-state index contributed by atoms with van der Waals surface area (Å²) in [6.45, 7) is 8.97. The van der Waals surface area contributed by atoms with Crippen molar-refractivity contribution in [1.82, 2.24) is 0 Å². The van der Waals surface area contributed by atoms with Crippen LogP contribution in [0.15, 0.2) is 66.7 Å². The molecule has 0 aliphatic heterocycles. The average molecular weight is 453 g/mol. The molecular formula is C32H35FN+. The van der Waals surface area contributed by atoms with Gasteiger partial charge < -0.3 is 0 Å². The van der Waals surface area contributed by atoms with E-state index in [0.29, 0.717) is 16.9 Å². The van der Waals surface area contributed by atoms with Crippen molar-refractivity contribution >= 4 is 10.8 Å². The van der Waals surface area contributed by atoms with Crippen LogP contribution in [-0.2, 0) is 7.05 Å². The van der Waals surface area contributed by atoms with E-state index in [9.17, 15) is 0 Å². The molecule has 0 bridgehead atoms. The third-order valence-electron chi connectivity index (χ3n) is 8.02. The Morgan fingerprint density at radius 1 is 0.853 bits per heavy atom. The molecule has 0 spiro atoms. The summed E-state index contributed by atoms with van der Waals surface area (Å²) in [4.78, 5) is 0. The number of halogens is 1. The first-order valence-electron chi connectivity index (χ1n) is 12.5. The minimum absolute atomic E-state index is 0.172. The zero-order valence-electron chi connectivity index (χ0n) is 21.1. The first kappa shape index (κ1) is 22.8. The van der Waals surface area contributed by atoms with Gasteiger partial charge in [-0.05, 0) is 84.2 Å². The van der Waals surface area contributed by atoms with Gasteiger partial charge in [-0.2, -0.15) is 4.57 Å². The molecule has 34 heavy (non-hydrogen) atoms. The van der Waals surface area contributed by atoms with Crippen LogP contribution < -0.4 is 4.57 Å². The van der Waals surface area contributed by atoms with Crippen LogP contribution in [0.3, 0.4) is 0 Å². The van der Waals surface area contributed by atoms with E-state index in [2.05, 4.69) is 56.7 Å². The fourth-order valence-corrected chi connectivity index (χ4v) is 5.67. The molecule has 1 nitrogen and oxygen atoms in total. The van der Waals surface area contributed by atoms with Crippen molar-refractivity contribution in [2.45, 2.75) is 59.3 Å². The smallest absolute Gasteiger partial charge is 0.206 e. The fraction of sp³-hybridized carbons (Fsp3) is 0.344. The fourth-order valence-electron chi connectivity index (χ4n) is 5.67. The van der Waals surface area contributed by atoms with E-state index in [1.807, 2.05) is 43.3 Å². The largest absolute Gasteiger partial charge is 0.220 e. The van der Waals surface area contributed by atoms with Gasteiger partial charge in [-0.25, -0.2) is 4.39 Å². The van der Waals surface area contributed by atoms with E-state index in [1.165, 1.54) is 47.7 Å². The molecule has 0 atom stereocenters. The predicted molar refractivity (Wildman–Crippen MR) is 140 cm³/mol. The molecular weight excluding hydrogens is 417 g/mol. The minimum atomic E-state index is -0.172. The molecule has 0 unspecified atom stereocenters. The summed E-state index contributed by atoms with van der Waals surface area (Å²) in [6.07, 6.45) is 5.12. The van der Waals surface area contributed by atoms with Crippen LogP contribution in [0.25, 0.3) is 33.2 Å². The van der Waals surface area contributed by atoms with Gasteiger partial charge >= 0.3 is 0 Å². The Morgan fingerprint density at radius 3 is 2.26 bits per heavy atom. The van der Waals surface area contributed by atoms with Crippen molar-refractivity contribution in [3.8, 4) is 22.4 Å². The van der Waals surface area contributed by atoms with Gasteiger partial charge in [0.2, 0.25) is 5.69 Å². The maximum atomic E-state index is 15.0. The summed E-state index contributed by atoms with van der Waals surface area (Å²) in [5, 5.41) is 2.50. The zero-order chi connectivity index (χ0) is 24.0. The van der Waals surface area contributed by atoms with Crippen molar-refractivity contribution in [3.63, 3.8) is 0 Å². The number of pyridine rings is 1. The quantitative estimate of drug-likeness (QED) is 0.275. The van der Waals surface area contributed by atoms with Crippen molar-refractivity contribution in [2.24, 2.45) is 12.5 Å². The summed E-state index contributed by atoms with van der Waals surface area (Å²) >= 11 is 0. The topological polar surface area (TPSA) is 3.88 Å². The number of aromatic nitrogens is 1. The molecule has 1 saturated carbocycles. The Hall–Kier alpha value is -3.00. The molecule has 0 radical (unpaired) electrons. The van der Waals surface area contributed by atoms with E-state index in [0.717, 1.165) is 22.4 Å². The molecule has 3 aromatic carbocycles. The highest BCUT2D eigenvalue weighted by atomic mass is 19.1. The van der Waals surface area contributed by atoms with Crippen LogP contribution >= 0.6 is 0 Å². The number of benzene rings is 3. The van der Waals surface area contributed by atoms with E-state index >= 15 is 4.39 Å². The van der Waals surface area contributed by atoms with Crippen molar-refractivity contribution in [3.05, 3.63) is 89.4 Å². The number of hydrogen-bond donors (Lipinski definition) is 0. The van der Waals surface area contributed by atoms with Gasteiger partial charge in [-0.15, -0.1) is 0 Å². The standard InChI is InChI=1S/C32H35FN/c1-21-17-30(33)29(24-9-7-6-8-10-24)20-28(21)31-27-12-11-25(19-26(27)18-22(2)34(31)5)23-13-15-32(3,4)16-14-23/h6-12,17-20,23H,13-16H2,1-5H3/q+1. The van der Waals surface area contributed by atoms with Gasteiger partial charge in [0.15, 0.2) is 5.69 Å². The van der Waals surface area contributed by atoms with Crippen molar-refractivity contribution in [2.75, 3.05) is 0 Å². The molecule has 0 amide bonds. The van der Waals surface area contributed by atoms with Gasteiger partial charge in [0, 0.05) is 18.6 Å². The van der Waals surface area contributed by atoms with E-state index in [4.69, 9.17) is 0 Å². The molecule has 1 aliphatic carbocycles. The highest BCUT2D eigenvalue weighted by molar-refractivity contribution is 5.95. The number of nitrogens with zero attached hydrogens (tertiary/aromatic N) is 1. The number of hydrogen-bond acceptors (Lipinski definition) is 0. The number of fused-ring (bicyclic) bond motifs is 1. The van der Waals surface area contributed by atoms with Gasteiger partial charge in [-0.3, -0.25) is 0 Å². The predicted octanol–water partition coefficient (Wildman–Crippen LogP) is 8.44. The van der Waals surface area contributed by atoms with Crippen molar-refractivity contribution < 1.29 is 8.96 Å². The van der Waals surface area contributed by atoms with Crippen LogP contribution in [0.2, 0.25) is 0 Å². The lowest BCUT2D eigenvalue weighted by molar-refractivity contribution is -0.665. The van der Waals surface area contributed by atoms with E-state index < -0.39 is 0 Å². The summed E-state index contributed by atoms with van der Waals surface area (Å²) < 4.78 is 17.3. The maximum absolute atomic E-state index is 15.0. The lowest BCUT2D eigenvalue weighted by Crippen LogP contribution is -2.35. The summed E-state index contributed by atoms with van der Waals surface area (Å²) in [7, 11) is 2.12.